The number of nitro groups is 1. The number of esters is 1. The molecule has 0 amide bonds. The van der Waals surface area contributed by atoms with Gasteiger partial charge < -0.3 is 9.64 Å². The van der Waals surface area contributed by atoms with Gasteiger partial charge in [-0.1, -0.05) is 12.1 Å². The summed E-state index contributed by atoms with van der Waals surface area (Å²) in [7, 11) is 2.14. The van der Waals surface area contributed by atoms with Gasteiger partial charge in [0.1, 0.15) is 6.10 Å². The fourth-order valence-electron chi connectivity index (χ4n) is 3.63. The predicted molar refractivity (Wildman–Crippen MR) is 80.5 cm³/mol. The Morgan fingerprint density at radius 3 is 2.68 bits per heavy atom. The van der Waals surface area contributed by atoms with Gasteiger partial charge in [-0.05, 0) is 38.3 Å². The highest BCUT2D eigenvalue weighted by atomic mass is 16.6. The summed E-state index contributed by atoms with van der Waals surface area (Å²) < 4.78 is 5.59. The van der Waals surface area contributed by atoms with Gasteiger partial charge in [-0.2, -0.15) is 0 Å². The third kappa shape index (κ3) is 3.11. The number of non-ortho nitro benzene ring substituents is 1. The van der Waals surface area contributed by atoms with Crippen LogP contribution in [0.5, 0.6) is 0 Å². The van der Waals surface area contributed by atoms with Crippen LogP contribution in [0.15, 0.2) is 24.3 Å². The molecule has 2 bridgehead atoms. The van der Waals surface area contributed by atoms with E-state index in [1.165, 1.54) is 25.0 Å². The number of hydrogen-bond acceptors (Lipinski definition) is 5. The second-order valence-electron chi connectivity index (χ2n) is 6.24. The topological polar surface area (TPSA) is 72.7 Å². The second kappa shape index (κ2) is 6.04. The molecular formula is C16H20N2O4. The Balaban J connectivity index is 1.57. The van der Waals surface area contributed by atoms with E-state index in [-0.39, 0.29) is 24.2 Å². The van der Waals surface area contributed by atoms with E-state index in [2.05, 4.69) is 11.9 Å². The number of benzene rings is 1. The average Bonchev–Trinajstić information content (AvgIpc) is 2.70. The van der Waals surface area contributed by atoms with Crippen molar-refractivity contribution in [3.05, 3.63) is 39.9 Å². The van der Waals surface area contributed by atoms with Gasteiger partial charge in [0.25, 0.3) is 5.69 Å². The molecule has 0 N–H and O–H groups in total. The molecule has 2 aliphatic rings. The molecule has 2 atom stereocenters. The Kier molecular flexibility index (Phi) is 4.11. The van der Waals surface area contributed by atoms with Crippen molar-refractivity contribution in [1.82, 2.24) is 4.90 Å². The van der Waals surface area contributed by atoms with Gasteiger partial charge in [-0.15, -0.1) is 0 Å². The molecular weight excluding hydrogens is 284 g/mol. The van der Waals surface area contributed by atoms with E-state index in [0.29, 0.717) is 17.6 Å². The lowest BCUT2D eigenvalue weighted by Gasteiger charge is -2.35. The van der Waals surface area contributed by atoms with Crippen molar-refractivity contribution in [3.63, 3.8) is 0 Å². The van der Waals surface area contributed by atoms with E-state index in [1.54, 1.807) is 12.1 Å². The number of fused-ring (bicyclic) bond motifs is 2. The molecule has 3 rings (SSSR count). The van der Waals surface area contributed by atoms with Gasteiger partial charge in [0.05, 0.1) is 11.3 Å². The molecule has 2 fully saturated rings. The van der Waals surface area contributed by atoms with Gasteiger partial charge >= 0.3 is 5.97 Å². The zero-order valence-electron chi connectivity index (χ0n) is 12.6. The van der Waals surface area contributed by atoms with Crippen LogP contribution >= 0.6 is 0 Å². The SMILES string of the molecule is CN1C2CCC1CC(OC(=O)Cc1cccc([N+](=O)[O-])c1)C2. The van der Waals surface area contributed by atoms with E-state index in [4.69, 9.17) is 4.74 Å². The molecule has 118 valence electrons. The molecule has 2 unspecified atom stereocenters. The quantitative estimate of drug-likeness (QED) is 0.485. The minimum atomic E-state index is -0.455. The fraction of sp³-hybridized carbons (Fsp3) is 0.562. The van der Waals surface area contributed by atoms with Crippen molar-refractivity contribution in [2.45, 2.75) is 50.3 Å². The normalized spacial score (nSPS) is 27.6. The lowest BCUT2D eigenvalue weighted by Crippen LogP contribution is -2.43. The van der Waals surface area contributed by atoms with Crippen LogP contribution in [0.4, 0.5) is 5.69 Å². The maximum absolute atomic E-state index is 12.1. The summed E-state index contributed by atoms with van der Waals surface area (Å²) in [5.74, 6) is -0.297. The van der Waals surface area contributed by atoms with E-state index in [9.17, 15) is 14.9 Å². The molecule has 2 heterocycles. The highest BCUT2D eigenvalue weighted by molar-refractivity contribution is 5.73. The molecule has 0 spiro atoms. The zero-order chi connectivity index (χ0) is 15.7. The molecule has 0 aliphatic carbocycles. The number of nitrogens with zero attached hydrogens (tertiary/aromatic N) is 2. The molecule has 0 radical (unpaired) electrons. The molecule has 22 heavy (non-hydrogen) atoms. The maximum Gasteiger partial charge on any atom is 0.310 e. The summed E-state index contributed by atoms with van der Waals surface area (Å²) in [5.41, 5.74) is 0.623. The van der Waals surface area contributed by atoms with Gasteiger partial charge in [0, 0.05) is 24.2 Å². The second-order valence-corrected chi connectivity index (χ2v) is 6.24. The van der Waals surface area contributed by atoms with Gasteiger partial charge in [0.15, 0.2) is 0 Å². The molecule has 1 aromatic carbocycles. The first-order valence-electron chi connectivity index (χ1n) is 7.67. The predicted octanol–water partition coefficient (Wildman–Crippen LogP) is 2.31. The standard InChI is InChI=1S/C16H20N2O4/c1-17-12-5-6-13(17)10-15(9-12)22-16(19)8-11-3-2-4-14(7-11)18(20)21/h2-4,7,12-13,15H,5-6,8-10H2,1H3. The van der Waals surface area contributed by atoms with Crippen LogP contribution in [0.3, 0.4) is 0 Å². The lowest BCUT2D eigenvalue weighted by atomic mass is 10.0. The maximum atomic E-state index is 12.1. The van der Waals surface area contributed by atoms with Gasteiger partial charge in [-0.25, -0.2) is 0 Å². The van der Waals surface area contributed by atoms with Gasteiger partial charge in [0.2, 0.25) is 0 Å². The van der Waals surface area contributed by atoms with Crippen molar-refractivity contribution >= 4 is 11.7 Å². The largest absolute Gasteiger partial charge is 0.462 e. The third-order valence-electron chi connectivity index (χ3n) is 4.82. The Hall–Kier alpha value is -1.95. The van der Waals surface area contributed by atoms with Crippen molar-refractivity contribution < 1.29 is 14.5 Å². The van der Waals surface area contributed by atoms with E-state index in [1.807, 2.05) is 0 Å². The highest BCUT2D eigenvalue weighted by Crippen LogP contribution is 2.35. The molecule has 0 aromatic heterocycles. The van der Waals surface area contributed by atoms with Crippen molar-refractivity contribution in [2.24, 2.45) is 0 Å². The number of rotatable bonds is 4. The Morgan fingerprint density at radius 2 is 2.05 bits per heavy atom. The zero-order valence-corrected chi connectivity index (χ0v) is 12.6. The van der Waals surface area contributed by atoms with Crippen LogP contribution in [0.2, 0.25) is 0 Å². The first kappa shape index (κ1) is 15.0. The van der Waals surface area contributed by atoms with Crippen LogP contribution in [0.25, 0.3) is 0 Å². The smallest absolute Gasteiger partial charge is 0.310 e. The molecule has 6 nitrogen and oxygen atoms in total. The van der Waals surface area contributed by atoms with E-state index >= 15 is 0 Å². The molecule has 2 aliphatic heterocycles. The first-order valence-corrected chi connectivity index (χ1v) is 7.67. The average molecular weight is 304 g/mol. The summed E-state index contributed by atoms with van der Waals surface area (Å²) in [6.45, 7) is 0. The number of piperidine rings is 1. The number of nitro benzene ring substituents is 1. The summed E-state index contributed by atoms with van der Waals surface area (Å²) in [4.78, 5) is 24.8. The number of carbonyl (C=O) groups excluding carboxylic acids is 1. The summed E-state index contributed by atoms with van der Waals surface area (Å²) >= 11 is 0. The number of carbonyl (C=O) groups is 1. The Bertz CT molecular complexity index is 575. The summed E-state index contributed by atoms with van der Waals surface area (Å²) in [5, 5.41) is 10.8. The number of hydrogen-bond donors (Lipinski definition) is 0. The monoisotopic (exact) mass is 304 g/mol. The van der Waals surface area contributed by atoms with Crippen molar-refractivity contribution in [1.29, 1.82) is 0 Å². The van der Waals surface area contributed by atoms with Crippen LogP contribution < -0.4 is 0 Å². The minimum absolute atomic E-state index is 0.00244. The van der Waals surface area contributed by atoms with Crippen LogP contribution in [0, 0.1) is 10.1 Å². The summed E-state index contributed by atoms with van der Waals surface area (Å²) in [6, 6.07) is 7.20. The molecule has 6 heteroatoms. The lowest BCUT2D eigenvalue weighted by molar-refractivity contribution is -0.384. The molecule has 2 saturated heterocycles. The number of ether oxygens (including phenoxy) is 1. The Labute approximate surface area is 129 Å². The van der Waals surface area contributed by atoms with Crippen molar-refractivity contribution in [3.8, 4) is 0 Å². The van der Waals surface area contributed by atoms with Crippen LogP contribution in [-0.4, -0.2) is 41.0 Å². The van der Waals surface area contributed by atoms with Crippen LogP contribution in [0.1, 0.15) is 31.2 Å². The first-order chi connectivity index (χ1) is 10.5. The highest BCUT2D eigenvalue weighted by Gasteiger charge is 2.39. The van der Waals surface area contributed by atoms with E-state index in [0.717, 1.165) is 12.8 Å². The molecule has 0 saturated carbocycles. The fourth-order valence-corrected chi connectivity index (χ4v) is 3.63. The molecule has 1 aromatic rings. The van der Waals surface area contributed by atoms with Crippen LogP contribution in [-0.2, 0) is 16.0 Å². The van der Waals surface area contributed by atoms with Gasteiger partial charge in [-0.3, -0.25) is 14.9 Å². The third-order valence-corrected chi connectivity index (χ3v) is 4.82. The van der Waals surface area contributed by atoms with Crippen molar-refractivity contribution in [2.75, 3.05) is 7.05 Å². The van der Waals surface area contributed by atoms with E-state index < -0.39 is 4.92 Å². The minimum Gasteiger partial charge on any atom is -0.462 e. The summed E-state index contributed by atoms with van der Waals surface area (Å²) in [6.07, 6.45) is 4.23. The Morgan fingerprint density at radius 1 is 1.36 bits per heavy atom.